The van der Waals surface area contributed by atoms with Gasteiger partial charge in [-0.1, -0.05) is 23.7 Å². The Morgan fingerprint density at radius 1 is 1.54 bits per heavy atom. The first-order chi connectivity index (χ1) is 6.22. The summed E-state index contributed by atoms with van der Waals surface area (Å²) in [7, 11) is 0. The van der Waals surface area contributed by atoms with Crippen LogP contribution in [0.3, 0.4) is 0 Å². The summed E-state index contributed by atoms with van der Waals surface area (Å²) in [6, 6.07) is 7.81. The Bertz CT molecular complexity index is 265. The Morgan fingerprint density at radius 2 is 2.31 bits per heavy atom. The highest BCUT2D eigenvalue weighted by Crippen LogP contribution is 2.10. The molecule has 2 N–H and O–H groups in total. The van der Waals surface area contributed by atoms with Crippen molar-refractivity contribution >= 4 is 11.6 Å². The zero-order chi connectivity index (χ0) is 9.68. The second-order valence-electron chi connectivity index (χ2n) is 3.09. The number of nitrogens with one attached hydrogen (secondary N) is 1. The van der Waals surface area contributed by atoms with Gasteiger partial charge in [-0.25, -0.2) is 0 Å². The molecule has 0 aliphatic heterocycles. The van der Waals surface area contributed by atoms with Crippen molar-refractivity contribution in [2.75, 3.05) is 6.61 Å². The fraction of sp³-hybridized carbons (Fsp3) is 0.400. The molecule has 13 heavy (non-hydrogen) atoms. The molecule has 0 amide bonds. The maximum Gasteiger partial charge on any atom is 0.0582 e. The van der Waals surface area contributed by atoms with Crippen LogP contribution in [0, 0.1) is 0 Å². The van der Waals surface area contributed by atoms with E-state index < -0.39 is 0 Å². The number of benzene rings is 1. The van der Waals surface area contributed by atoms with Crippen molar-refractivity contribution in [2.24, 2.45) is 0 Å². The summed E-state index contributed by atoms with van der Waals surface area (Å²) >= 11 is 5.82. The zero-order valence-electron chi connectivity index (χ0n) is 7.63. The summed E-state index contributed by atoms with van der Waals surface area (Å²) in [6.45, 7) is 2.83. The lowest BCUT2D eigenvalue weighted by Gasteiger charge is -2.10. The van der Waals surface area contributed by atoms with Gasteiger partial charge in [-0.3, -0.25) is 0 Å². The molecule has 0 radical (unpaired) electrons. The van der Waals surface area contributed by atoms with Gasteiger partial charge < -0.3 is 10.4 Å². The largest absolute Gasteiger partial charge is 0.395 e. The van der Waals surface area contributed by atoms with Gasteiger partial charge in [0.2, 0.25) is 0 Å². The van der Waals surface area contributed by atoms with Crippen LogP contribution >= 0.6 is 11.6 Å². The molecule has 1 aromatic carbocycles. The summed E-state index contributed by atoms with van der Waals surface area (Å²) in [5.74, 6) is 0. The van der Waals surface area contributed by atoms with E-state index in [1.807, 2.05) is 31.2 Å². The van der Waals surface area contributed by atoms with Gasteiger partial charge in [0.15, 0.2) is 0 Å². The van der Waals surface area contributed by atoms with Gasteiger partial charge >= 0.3 is 0 Å². The van der Waals surface area contributed by atoms with Gasteiger partial charge in [0.25, 0.3) is 0 Å². The molecular formula is C10H14ClNO. The van der Waals surface area contributed by atoms with Crippen LogP contribution in [0.5, 0.6) is 0 Å². The topological polar surface area (TPSA) is 32.3 Å². The van der Waals surface area contributed by atoms with Crippen LogP contribution in [0.4, 0.5) is 0 Å². The molecular weight excluding hydrogens is 186 g/mol. The first kappa shape index (κ1) is 10.5. The van der Waals surface area contributed by atoms with Crippen molar-refractivity contribution in [3.63, 3.8) is 0 Å². The molecule has 72 valence electrons. The van der Waals surface area contributed by atoms with Gasteiger partial charge in [-0.15, -0.1) is 0 Å². The lowest BCUT2D eigenvalue weighted by molar-refractivity contribution is 0.251. The number of aliphatic hydroxyl groups is 1. The van der Waals surface area contributed by atoms with Crippen LogP contribution in [0.1, 0.15) is 12.5 Å². The first-order valence-electron chi connectivity index (χ1n) is 4.31. The highest BCUT2D eigenvalue weighted by Gasteiger charge is 1.98. The minimum Gasteiger partial charge on any atom is -0.395 e. The predicted molar refractivity (Wildman–Crippen MR) is 54.8 cm³/mol. The maximum absolute atomic E-state index is 8.78. The molecule has 0 unspecified atom stereocenters. The molecule has 0 spiro atoms. The van der Waals surface area contributed by atoms with Crippen molar-refractivity contribution in [3.05, 3.63) is 34.9 Å². The fourth-order valence-corrected chi connectivity index (χ4v) is 1.22. The van der Waals surface area contributed by atoms with Gasteiger partial charge in [0.1, 0.15) is 0 Å². The van der Waals surface area contributed by atoms with Crippen LogP contribution in [-0.2, 0) is 6.54 Å². The SMILES string of the molecule is C[C@H](CO)NCc1cccc(Cl)c1. The fourth-order valence-electron chi connectivity index (χ4n) is 1.00. The van der Waals surface area contributed by atoms with Crippen molar-refractivity contribution in [1.82, 2.24) is 5.32 Å². The molecule has 0 bridgehead atoms. The molecule has 1 atom stereocenters. The second-order valence-corrected chi connectivity index (χ2v) is 3.53. The van der Waals surface area contributed by atoms with Gasteiger partial charge in [0, 0.05) is 17.6 Å². The van der Waals surface area contributed by atoms with Crippen molar-refractivity contribution in [3.8, 4) is 0 Å². The normalized spacial score (nSPS) is 12.8. The lowest BCUT2D eigenvalue weighted by atomic mass is 10.2. The summed E-state index contributed by atoms with van der Waals surface area (Å²) in [5.41, 5.74) is 1.13. The summed E-state index contributed by atoms with van der Waals surface area (Å²) in [6.07, 6.45) is 0. The highest BCUT2D eigenvalue weighted by atomic mass is 35.5. The Kier molecular flexibility index (Phi) is 4.22. The second kappa shape index (κ2) is 5.22. The average molecular weight is 200 g/mol. The van der Waals surface area contributed by atoms with E-state index in [4.69, 9.17) is 16.7 Å². The number of aliphatic hydroxyl groups excluding tert-OH is 1. The Labute approximate surface area is 83.5 Å². The molecule has 0 heterocycles. The van der Waals surface area contributed by atoms with Crippen molar-refractivity contribution in [1.29, 1.82) is 0 Å². The van der Waals surface area contributed by atoms with E-state index in [2.05, 4.69) is 5.32 Å². The molecule has 1 aromatic rings. The molecule has 0 saturated heterocycles. The van der Waals surface area contributed by atoms with E-state index in [0.29, 0.717) is 0 Å². The third kappa shape index (κ3) is 3.77. The molecule has 2 nitrogen and oxygen atoms in total. The van der Waals surface area contributed by atoms with E-state index in [-0.39, 0.29) is 12.6 Å². The average Bonchev–Trinajstić information content (AvgIpc) is 2.14. The van der Waals surface area contributed by atoms with E-state index in [9.17, 15) is 0 Å². The molecule has 3 heteroatoms. The standard InChI is InChI=1S/C10H14ClNO/c1-8(7-13)12-6-9-3-2-4-10(11)5-9/h2-5,8,12-13H,6-7H2,1H3/t8-/m1/s1. The molecule has 0 saturated carbocycles. The van der Waals surface area contributed by atoms with Crippen LogP contribution in [0.25, 0.3) is 0 Å². The van der Waals surface area contributed by atoms with Gasteiger partial charge in [-0.2, -0.15) is 0 Å². The van der Waals surface area contributed by atoms with E-state index >= 15 is 0 Å². The quantitative estimate of drug-likeness (QED) is 0.776. The minimum atomic E-state index is 0.124. The predicted octanol–water partition coefficient (Wildman–Crippen LogP) is 1.81. The number of hydrogen-bond donors (Lipinski definition) is 2. The number of halogens is 1. The first-order valence-corrected chi connectivity index (χ1v) is 4.69. The van der Waals surface area contributed by atoms with Crippen molar-refractivity contribution in [2.45, 2.75) is 19.5 Å². The van der Waals surface area contributed by atoms with E-state index in [1.54, 1.807) is 0 Å². The Balaban J connectivity index is 2.45. The van der Waals surface area contributed by atoms with Gasteiger partial charge in [0.05, 0.1) is 6.61 Å². The van der Waals surface area contributed by atoms with Crippen LogP contribution in [-0.4, -0.2) is 17.8 Å². The Hall–Kier alpha value is -0.570. The molecule has 1 rings (SSSR count). The van der Waals surface area contributed by atoms with E-state index in [1.165, 1.54) is 0 Å². The minimum absolute atomic E-state index is 0.124. The summed E-state index contributed by atoms with van der Waals surface area (Å²) < 4.78 is 0. The third-order valence-electron chi connectivity index (χ3n) is 1.82. The highest BCUT2D eigenvalue weighted by molar-refractivity contribution is 6.30. The number of hydrogen-bond acceptors (Lipinski definition) is 2. The van der Waals surface area contributed by atoms with Crippen LogP contribution in [0.2, 0.25) is 5.02 Å². The Morgan fingerprint density at radius 3 is 2.92 bits per heavy atom. The van der Waals surface area contributed by atoms with Gasteiger partial charge in [-0.05, 0) is 24.6 Å². The molecule has 0 aliphatic carbocycles. The maximum atomic E-state index is 8.78. The number of rotatable bonds is 4. The zero-order valence-corrected chi connectivity index (χ0v) is 8.38. The lowest BCUT2D eigenvalue weighted by Crippen LogP contribution is -2.28. The summed E-state index contributed by atoms with van der Waals surface area (Å²) in [5, 5.41) is 12.7. The molecule has 0 fully saturated rings. The molecule has 0 aliphatic rings. The monoisotopic (exact) mass is 199 g/mol. The van der Waals surface area contributed by atoms with Crippen LogP contribution < -0.4 is 5.32 Å². The van der Waals surface area contributed by atoms with Crippen LogP contribution in [0.15, 0.2) is 24.3 Å². The smallest absolute Gasteiger partial charge is 0.0582 e. The molecule has 0 aromatic heterocycles. The van der Waals surface area contributed by atoms with Crippen molar-refractivity contribution < 1.29 is 5.11 Å². The summed E-state index contributed by atoms with van der Waals surface area (Å²) in [4.78, 5) is 0. The third-order valence-corrected chi connectivity index (χ3v) is 2.05. The van der Waals surface area contributed by atoms with E-state index in [0.717, 1.165) is 17.1 Å².